The van der Waals surface area contributed by atoms with Crippen LogP contribution in [0.5, 0.6) is 5.75 Å². The summed E-state index contributed by atoms with van der Waals surface area (Å²) in [7, 11) is 1.68. The largest absolute Gasteiger partial charge is 0.497 e. The molecule has 0 bridgehead atoms. The average molecular weight is 257 g/mol. The maximum atomic E-state index is 5.24. The molecule has 4 nitrogen and oxygen atoms in total. The lowest BCUT2D eigenvalue weighted by atomic mass is 10.1. The van der Waals surface area contributed by atoms with Gasteiger partial charge in [-0.05, 0) is 43.8 Å². The van der Waals surface area contributed by atoms with Crippen molar-refractivity contribution in [2.45, 2.75) is 12.5 Å². The van der Waals surface area contributed by atoms with Crippen molar-refractivity contribution < 1.29 is 4.74 Å². The lowest BCUT2D eigenvalue weighted by Gasteiger charge is -2.15. The molecule has 0 radical (unpaired) electrons. The third-order valence-electron chi connectivity index (χ3n) is 3.54. The van der Waals surface area contributed by atoms with E-state index in [1.54, 1.807) is 7.11 Å². The Hall–Kier alpha value is -1.65. The van der Waals surface area contributed by atoms with Crippen molar-refractivity contribution >= 4 is 10.9 Å². The summed E-state index contributed by atoms with van der Waals surface area (Å²) in [6, 6.07) is 10.5. The van der Waals surface area contributed by atoms with E-state index in [9.17, 15) is 0 Å². The van der Waals surface area contributed by atoms with Crippen molar-refractivity contribution in [1.29, 1.82) is 0 Å². The van der Waals surface area contributed by atoms with Gasteiger partial charge in [-0.3, -0.25) is 4.98 Å². The number of methoxy groups -OCH3 is 1. The zero-order valence-corrected chi connectivity index (χ0v) is 11.1. The van der Waals surface area contributed by atoms with Crippen LogP contribution in [0.3, 0.4) is 0 Å². The molecule has 2 N–H and O–H groups in total. The molecule has 0 spiro atoms. The van der Waals surface area contributed by atoms with Crippen LogP contribution in [-0.4, -0.2) is 31.7 Å². The molecule has 2 aromatic rings. The number of hydrogen-bond acceptors (Lipinski definition) is 4. The summed E-state index contributed by atoms with van der Waals surface area (Å²) in [5.41, 5.74) is 2.12. The van der Waals surface area contributed by atoms with Crippen LogP contribution in [0, 0.1) is 0 Å². The molecule has 3 rings (SSSR count). The van der Waals surface area contributed by atoms with Crippen LogP contribution < -0.4 is 15.4 Å². The van der Waals surface area contributed by atoms with Crippen LogP contribution in [0.25, 0.3) is 10.9 Å². The molecular weight excluding hydrogens is 238 g/mol. The van der Waals surface area contributed by atoms with Crippen molar-refractivity contribution in [3.8, 4) is 5.75 Å². The molecule has 1 atom stereocenters. The Kier molecular flexibility index (Phi) is 3.62. The van der Waals surface area contributed by atoms with Gasteiger partial charge in [-0.15, -0.1) is 0 Å². The van der Waals surface area contributed by atoms with Crippen molar-refractivity contribution in [1.82, 2.24) is 15.6 Å². The molecule has 0 aliphatic carbocycles. The first kappa shape index (κ1) is 12.4. The van der Waals surface area contributed by atoms with Crippen LogP contribution in [-0.2, 0) is 0 Å². The monoisotopic (exact) mass is 257 g/mol. The summed E-state index contributed by atoms with van der Waals surface area (Å²) in [6.07, 6.45) is 1.17. The number of nitrogens with one attached hydrogen (secondary N) is 2. The third kappa shape index (κ3) is 2.69. The molecular formula is C15H19N3O. The number of aromatic nitrogens is 1. The van der Waals surface area contributed by atoms with E-state index in [0.29, 0.717) is 6.04 Å². The van der Waals surface area contributed by atoms with Gasteiger partial charge < -0.3 is 15.4 Å². The molecule has 1 fully saturated rings. The predicted octanol–water partition coefficient (Wildman–Crippen LogP) is 1.87. The van der Waals surface area contributed by atoms with Crippen LogP contribution in [0.15, 0.2) is 30.3 Å². The number of rotatable bonds is 2. The van der Waals surface area contributed by atoms with Gasteiger partial charge in [0.05, 0.1) is 24.4 Å². The molecule has 2 heterocycles. The first-order valence-electron chi connectivity index (χ1n) is 6.75. The molecule has 4 heteroatoms. The van der Waals surface area contributed by atoms with Gasteiger partial charge in [0.15, 0.2) is 0 Å². The van der Waals surface area contributed by atoms with Crippen molar-refractivity contribution in [3.05, 3.63) is 36.0 Å². The second-order valence-corrected chi connectivity index (χ2v) is 4.86. The highest BCUT2D eigenvalue weighted by Crippen LogP contribution is 2.21. The summed E-state index contributed by atoms with van der Waals surface area (Å²) >= 11 is 0. The van der Waals surface area contributed by atoms with E-state index in [0.717, 1.165) is 42.0 Å². The van der Waals surface area contributed by atoms with E-state index in [-0.39, 0.29) is 0 Å². The smallest absolute Gasteiger partial charge is 0.119 e. The summed E-state index contributed by atoms with van der Waals surface area (Å²) in [5.74, 6) is 0.872. The highest BCUT2D eigenvalue weighted by molar-refractivity contribution is 5.80. The fourth-order valence-corrected chi connectivity index (χ4v) is 2.46. The number of pyridine rings is 1. The summed E-state index contributed by atoms with van der Waals surface area (Å²) < 4.78 is 5.24. The Balaban J connectivity index is 1.92. The van der Waals surface area contributed by atoms with Gasteiger partial charge in [0.1, 0.15) is 5.75 Å². The maximum Gasteiger partial charge on any atom is 0.119 e. The second kappa shape index (κ2) is 5.55. The summed E-state index contributed by atoms with van der Waals surface area (Å²) in [6.45, 7) is 3.06. The topological polar surface area (TPSA) is 46.2 Å². The van der Waals surface area contributed by atoms with Gasteiger partial charge in [0, 0.05) is 11.9 Å². The van der Waals surface area contributed by atoms with E-state index in [1.807, 2.05) is 18.2 Å². The number of fused-ring (bicyclic) bond motifs is 1. The Morgan fingerprint density at radius 1 is 1.21 bits per heavy atom. The highest BCUT2D eigenvalue weighted by atomic mass is 16.5. The van der Waals surface area contributed by atoms with Gasteiger partial charge in [-0.1, -0.05) is 6.07 Å². The Morgan fingerprint density at radius 3 is 3.05 bits per heavy atom. The molecule has 100 valence electrons. The Labute approximate surface area is 113 Å². The maximum absolute atomic E-state index is 5.24. The van der Waals surface area contributed by atoms with Crippen LogP contribution in [0.1, 0.15) is 18.2 Å². The molecule has 1 saturated heterocycles. The molecule has 1 aromatic heterocycles. The minimum atomic E-state index is 0.300. The first-order chi connectivity index (χ1) is 9.36. The van der Waals surface area contributed by atoms with Gasteiger partial charge >= 0.3 is 0 Å². The van der Waals surface area contributed by atoms with E-state index >= 15 is 0 Å². The zero-order chi connectivity index (χ0) is 13.1. The lowest BCUT2D eigenvalue weighted by Crippen LogP contribution is -2.28. The molecule has 1 unspecified atom stereocenters. The third-order valence-corrected chi connectivity index (χ3v) is 3.54. The van der Waals surface area contributed by atoms with Gasteiger partial charge in [0.25, 0.3) is 0 Å². The second-order valence-electron chi connectivity index (χ2n) is 4.86. The standard InChI is InChI=1S/C15H19N3O/c1-19-12-4-6-13-11(9-12)3-5-14(18-13)15-10-16-7-2-8-17-15/h3-6,9,15-17H,2,7-8,10H2,1H3. The van der Waals surface area contributed by atoms with Gasteiger partial charge in [-0.2, -0.15) is 0 Å². The molecule has 1 aromatic carbocycles. The van der Waals surface area contributed by atoms with E-state index in [2.05, 4.69) is 22.8 Å². The number of ether oxygens (including phenoxy) is 1. The van der Waals surface area contributed by atoms with Gasteiger partial charge in [-0.25, -0.2) is 0 Å². The lowest BCUT2D eigenvalue weighted by molar-refractivity contribution is 0.415. The highest BCUT2D eigenvalue weighted by Gasteiger charge is 2.14. The van der Waals surface area contributed by atoms with Crippen molar-refractivity contribution in [3.63, 3.8) is 0 Å². The van der Waals surface area contributed by atoms with E-state index < -0.39 is 0 Å². The van der Waals surface area contributed by atoms with Crippen molar-refractivity contribution in [2.24, 2.45) is 0 Å². The molecule has 1 aliphatic heterocycles. The van der Waals surface area contributed by atoms with Crippen LogP contribution in [0.4, 0.5) is 0 Å². The number of nitrogens with zero attached hydrogens (tertiary/aromatic N) is 1. The fraction of sp³-hybridized carbons (Fsp3) is 0.400. The molecule has 19 heavy (non-hydrogen) atoms. The molecule has 1 aliphatic rings. The van der Waals surface area contributed by atoms with E-state index in [1.165, 1.54) is 6.42 Å². The average Bonchev–Trinajstić information content (AvgIpc) is 2.75. The quantitative estimate of drug-likeness (QED) is 0.862. The van der Waals surface area contributed by atoms with E-state index in [4.69, 9.17) is 9.72 Å². The zero-order valence-electron chi connectivity index (χ0n) is 11.1. The minimum absolute atomic E-state index is 0.300. The van der Waals surface area contributed by atoms with Crippen LogP contribution in [0.2, 0.25) is 0 Å². The SMILES string of the molecule is COc1ccc2nc(C3CNCCCN3)ccc2c1. The molecule has 0 amide bonds. The fourth-order valence-electron chi connectivity index (χ4n) is 2.46. The Bertz CT molecular complexity index is 562. The number of benzene rings is 1. The predicted molar refractivity (Wildman–Crippen MR) is 76.5 cm³/mol. The molecule has 0 saturated carbocycles. The number of hydrogen-bond donors (Lipinski definition) is 2. The van der Waals surface area contributed by atoms with Crippen LogP contribution >= 0.6 is 0 Å². The summed E-state index contributed by atoms with van der Waals surface area (Å²) in [5, 5.41) is 8.09. The van der Waals surface area contributed by atoms with Crippen molar-refractivity contribution in [2.75, 3.05) is 26.7 Å². The normalized spacial score (nSPS) is 20.2. The van der Waals surface area contributed by atoms with Gasteiger partial charge in [0.2, 0.25) is 0 Å². The first-order valence-corrected chi connectivity index (χ1v) is 6.75. The Morgan fingerprint density at radius 2 is 2.16 bits per heavy atom. The minimum Gasteiger partial charge on any atom is -0.497 e. The summed E-state index contributed by atoms with van der Waals surface area (Å²) in [4.78, 5) is 4.76.